The van der Waals surface area contributed by atoms with E-state index in [9.17, 15) is 4.79 Å². The third-order valence-electron chi connectivity index (χ3n) is 5.24. The summed E-state index contributed by atoms with van der Waals surface area (Å²) >= 11 is 0. The predicted octanol–water partition coefficient (Wildman–Crippen LogP) is 3.45. The van der Waals surface area contributed by atoms with Gasteiger partial charge in [0.05, 0.1) is 6.20 Å². The number of nitrogens with zero attached hydrogens (tertiary/aromatic N) is 5. The van der Waals surface area contributed by atoms with E-state index in [1.54, 1.807) is 23.2 Å². The van der Waals surface area contributed by atoms with Crippen molar-refractivity contribution in [3.8, 4) is 0 Å². The van der Waals surface area contributed by atoms with Crippen LogP contribution in [0.3, 0.4) is 0 Å². The molecule has 3 aromatic rings. The summed E-state index contributed by atoms with van der Waals surface area (Å²) < 4.78 is 1.73. The summed E-state index contributed by atoms with van der Waals surface area (Å²) in [5.41, 5.74) is 2.15. The number of carbonyl (C=O) groups excluding carboxylic acids is 1. The van der Waals surface area contributed by atoms with Crippen molar-refractivity contribution in [2.75, 3.05) is 18.4 Å². The van der Waals surface area contributed by atoms with E-state index in [2.05, 4.69) is 26.4 Å². The minimum absolute atomic E-state index is 0.0655. The second-order valence-corrected chi connectivity index (χ2v) is 7.67. The molecule has 0 radical (unpaired) electrons. The highest BCUT2D eigenvalue weighted by atomic mass is 16.2. The van der Waals surface area contributed by atoms with Crippen LogP contribution in [-0.4, -0.2) is 43.6 Å². The molecule has 0 aliphatic carbocycles. The SMILES string of the molecule is Cn1cc(/C=C/C(=O)N2CCCC(Cc3ccnc(Nc4ccccn4)c3)C2)cn1. The second-order valence-electron chi connectivity index (χ2n) is 7.67. The van der Waals surface area contributed by atoms with E-state index in [4.69, 9.17) is 0 Å². The largest absolute Gasteiger partial charge is 0.339 e. The molecule has 0 spiro atoms. The number of hydrogen-bond acceptors (Lipinski definition) is 5. The first-order valence-electron chi connectivity index (χ1n) is 10.2. The van der Waals surface area contributed by atoms with Crippen LogP contribution in [-0.2, 0) is 18.3 Å². The molecule has 3 aromatic heterocycles. The lowest BCUT2D eigenvalue weighted by Gasteiger charge is -2.32. The average Bonchev–Trinajstić information content (AvgIpc) is 3.18. The molecule has 1 N–H and O–H groups in total. The third kappa shape index (κ3) is 5.31. The van der Waals surface area contributed by atoms with Gasteiger partial charge in [0.2, 0.25) is 5.91 Å². The van der Waals surface area contributed by atoms with E-state index in [0.717, 1.165) is 49.6 Å². The van der Waals surface area contributed by atoms with Gasteiger partial charge in [-0.25, -0.2) is 9.97 Å². The molecular formula is C23H26N6O. The van der Waals surface area contributed by atoms with Gasteiger partial charge in [-0.15, -0.1) is 0 Å². The number of carbonyl (C=O) groups is 1. The van der Waals surface area contributed by atoms with Crippen molar-refractivity contribution in [2.45, 2.75) is 19.3 Å². The van der Waals surface area contributed by atoms with Gasteiger partial charge in [-0.05, 0) is 61.1 Å². The van der Waals surface area contributed by atoms with Crippen LogP contribution in [0, 0.1) is 5.92 Å². The van der Waals surface area contributed by atoms with Crippen LogP contribution in [0.4, 0.5) is 11.6 Å². The second kappa shape index (κ2) is 9.35. The molecule has 0 aromatic carbocycles. The molecule has 30 heavy (non-hydrogen) atoms. The number of rotatable bonds is 6. The molecule has 1 aliphatic rings. The Morgan fingerprint density at radius 2 is 2.13 bits per heavy atom. The molecule has 1 fully saturated rings. The van der Waals surface area contributed by atoms with Crippen LogP contribution < -0.4 is 5.32 Å². The predicted molar refractivity (Wildman–Crippen MR) is 117 cm³/mol. The topological polar surface area (TPSA) is 75.9 Å². The minimum atomic E-state index is 0.0655. The molecule has 1 aliphatic heterocycles. The maximum atomic E-state index is 12.6. The fourth-order valence-electron chi connectivity index (χ4n) is 3.80. The van der Waals surface area contributed by atoms with Gasteiger partial charge >= 0.3 is 0 Å². The lowest BCUT2D eigenvalue weighted by Crippen LogP contribution is -2.39. The minimum Gasteiger partial charge on any atom is -0.339 e. The summed E-state index contributed by atoms with van der Waals surface area (Å²) in [7, 11) is 1.87. The van der Waals surface area contributed by atoms with Crippen LogP contribution in [0.1, 0.15) is 24.0 Å². The summed E-state index contributed by atoms with van der Waals surface area (Å²) in [5, 5.41) is 7.37. The summed E-state index contributed by atoms with van der Waals surface area (Å²) in [6.45, 7) is 1.59. The Morgan fingerprint density at radius 3 is 2.93 bits per heavy atom. The molecule has 1 unspecified atom stereocenters. The first-order valence-corrected chi connectivity index (χ1v) is 10.2. The molecule has 154 valence electrons. The van der Waals surface area contributed by atoms with Crippen LogP contribution >= 0.6 is 0 Å². The van der Waals surface area contributed by atoms with Crippen LogP contribution in [0.2, 0.25) is 0 Å². The van der Waals surface area contributed by atoms with Gasteiger partial charge in [0.1, 0.15) is 11.6 Å². The van der Waals surface area contributed by atoms with Crippen molar-refractivity contribution in [3.63, 3.8) is 0 Å². The van der Waals surface area contributed by atoms with Crippen molar-refractivity contribution in [1.29, 1.82) is 0 Å². The maximum absolute atomic E-state index is 12.6. The van der Waals surface area contributed by atoms with Crippen LogP contribution in [0.15, 0.2) is 61.2 Å². The van der Waals surface area contributed by atoms with Crippen molar-refractivity contribution >= 4 is 23.6 Å². The molecule has 0 bridgehead atoms. The van der Waals surface area contributed by atoms with E-state index in [0.29, 0.717) is 5.92 Å². The van der Waals surface area contributed by atoms with Gasteiger partial charge in [-0.2, -0.15) is 5.10 Å². The van der Waals surface area contributed by atoms with E-state index in [1.807, 2.05) is 54.7 Å². The number of aryl methyl sites for hydroxylation is 1. The molecule has 4 rings (SSSR count). The fourth-order valence-corrected chi connectivity index (χ4v) is 3.80. The number of hydrogen-bond donors (Lipinski definition) is 1. The van der Waals surface area contributed by atoms with Gasteiger partial charge in [0.15, 0.2) is 0 Å². The fraction of sp³-hybridized carbons (Fsp3) is 0.304. The molecule has 1 amide bonds. The zero-order chi connectivity index (χ0) is 20.8. The normalized spacial score (nSPS) is 16.7. The van der Waals surface area contributed by atoms with Gasteiger partial charge in [-0.3, -0.25) is 9.48 Å². The van der Waals surface area contributed by atoms with Gasteiger partial charge in [-0.1, -0.05) is 6.07 Å². The number of amides is 1. The Kier molecular flexibility index (Phi) is 6.17. The first-order chi connectivity index (χ1) is 14.7. The average molecular weight is 403 g/mol. The summed E-state index contributed by atoms with van der Waals surface area (Å²) in [6.07, 6.45) is 13.8. The number of aromatic nitrogens is 4. The Balaban J connectivity index is 1.35. The monoisotopic (exact) mass is 402 g/mol. The van der Waals surface area contributed by atoms with Gasteiger partial charge in [0.25, 0.3) is 0 Å². The zero-order valence-corrected chi connectivity index (χ0v) is 17.1. The van der Waals surface area contributed by atoms with Crippen molar-refractivity contribution in [1.82, 2.24) is 24.6 Å². The highest BCUT2D eigenvalue weighted by Crippen LogP contribution is 2.23. The Morgan fingerprint density at radius 1 is 1.23 bits per heavy atom. The van der Waals surface area contributed by atoms with E-state index >= 15 is 0 Å². The molecular weight excluding hydrogens is 376 g/mol. The quantitative estimate of drug-likeness (QED) is 0.639. The summed E-state index contributed by atoms with van der Waals surface area (Å²) in [6, 6.07) is 9.86. The van der Waals surface area contributed by atoms with E-state index in [1.165, 1.54) is 5.56 Å². The summed E-state index contributed by atoms with van der Waals surface area (Å²) in [4.78, 5) is 23.2. The lowest BCUT2D eigenvalue weighted by molar-refractivity contribution is -0.127. The van der Waals surface area contributed by atoms with Crippen molar-refractivity contribution in [2.24, 2.45) is 13.0 Å². The number of pyridine rings is 2. The molecule has 1 saturated heterocycles. The van der Waals surface area contributed by atoms with Crippen LogP contribution in [0.25, 0.3) is 6.08 Å². The van der Waals surface area contributed by atoms with Gasteiger partial charge < -0.3 is 10.2 Å². The Hall–Kier alpha value is -3.48. The number of anilines is 2. The third-order valence-corrected chi connectivity index (χ3v) is 5.24. The summed E-state index contributed by atoms with van der Waals surface area (Å²) in [5.74, 6) is 2.07. The molecule has 7 heteroatoms. The number of nitrogens with one attached hydrogen (secondary N) is 1. The lowest BCUT2D eigenvalue weighted by atomic mass is 9.91. The van der Waals surface area contributed by atoms with Crippen molar-refractivity contribution < 1.29 is 4.79 Å². The molecule has 1 atom stereocenters. The first kappa shape index (κ1) is 19.8. The smallest absolute Gasteiger partial charge is 0.246 e. The Bertz CT molecular complexity index is 1010. The molecule has 0 saturated carbocycles. The van der Waals surface area contributed by atoms with Gasteiger partial charge in [0, 0.05) is 50.4 Å². The Labute approximate surface area is 176 Å². The number of piperidine rings is 1. The zero-order valence-electron chi connectivity index (χ0n) is 17.1. The highest BCUT2D eigenvalue weighted by molar-refractivity contribution is 5.91. The van der Waals surface area contributed by atoms with E-state index < -0.39 is 0 Å². The highest BCUT2D eigenvalue weighted by Gasteiger charge is 2.22. The standard InChI is InChI=1S/C23H26N6O/c1-28-16-20(15-26-28)7-8-23(30)29-12-4-5-19(17-29)13-18-9-11-25-22(14-18)27-21-6-2-3-10-24-21/h2-3,6-11,14-16,19H,4-5,12-13,17H2,1H3,(H,24,25,27)/b8-7+. The number of likely N-dealkylation sites (tertiary alicyclic amines) is 1. The molecule has 7 nitrogen and oxygen atoms in total. The molecule has 4 heterocycles. The van der Waals surface area contributed by atoms with Crippen molar-refractivity contribution in [3.05, 3.63) is 72.3 Å². The van der Waals surface area contributed by atoms with E-state index in [-0.39, 0.29) is 5.91 Å². The van der Waals surface area contributed by atoms with Crippen LogP contribution in [0.5, 0.6) is 0 Å². The maximum Gasteiger partial charge on any atom is 0.246 e.